The highest BCUT2D eigenvalue weighted by molar-refractivity contribution is 8.09. The first-order valence-corrected chi connectivity index (χ1v) is 8.76. The average Bonchev–Trinajstić information content (AvgIpc) is 2.93. The fourth-order valence-electron chi connectivity index (χ4n) is 3.18. The zero-order chi connectivity index (χ0) is 18.3. The molecule has 2 atom stereocenters. The van der Waals surface area contributed by atoms with E-state index in [-0.39, 0.29) is 19.1 Å². The van der Waals surface area contributed by atoms with Gasteiger partial charge in [0.05, 0.1) is 11.3 Å². The molecular weight excluding hydrogens is 350 g/mol. The highest BCUT2D eigenvalue weighted by atomic mass is 32.2. The Kier molecular flexibility index (Phi) is 4.83. The van der Waals surface area contributed by atoms with E-state index in [1.807, 2.05) is 0 Å². The lowest BCUT2D eigenvalue weighted by atomic mass is 9.94. The molecule has 2 aliphatic heterocycles. The van der Waals surface area contributed by atoms with Gasteiger partial charge < -0.3 is 10.0 Å². The summed E-state index contributed by atoms with van der Waals surface area (Å²) in [6.07, 6.45) is 0.314. The van der Waals surface area contributed by atoms with Gasteiger partial charge in [0.15, 0.2) is 11.6 Å². The summed E-state index contributed by atoms with van der Waals surface area (Å²) in [6, 6.07) is 3.22. The smallest absolute Gasteiger partial charge is 0.327 e. The summed E-state index contributed by atoms with van der Waals surface area (Å²) >= 11 is 1.31. The van der Waals surface area contributed by atoms with Crippen molar-refractivity contribution in [2.24, 2.45) is 5.92 Å². The Balaban J connectivity index is 1.96. The van der Waals surface area contributed by atoms with Gasteiger partial charge in [0.1, 0.15) is 0 Å². The Morgan fingerprint density at radius 2 is 1.96 bits per heavy atom. The zero-order valence-electron chi connectivity index (χ0n) is 13.8. The van der Waals surface area contributed by atoms with E-state index >= 15 is 0 Å². The molecule has 25 heavy (non-hydrogen) atoms. The molecule has 2 unspecified atom stereocenters. The molecule has 2 heterocycles. The lowest BCUT2D eigenvalue weighted by Crippen LogP contribution is -2.58. The summed E-state index contributed by atoms with van der Waals surface area (Å²) in [5, 5.41) is 8.56. The van der Waals surface area contributed by atoms with Gasteiger partial charge in [-0.15, -0.1) is 0 Å². The molecule has 8 heteroatoms. The predicted molar refractivity (Wildman–Crippen MR) is 90.4 cm³/mol. The molecule has 0 aromatic heterocycles. The summed E-state index contributed by atoms with van der Waals surface area (Å²) < 4.78 is 26.8. The number of imide groups is 1. The molecule has 3 rings (SSSR count). The van der Waals surface area contributed by atoms with Gasteiger partial charge >= 0.3 is 6.03 Å². The molecule has 0 radical (unpaired) electrons. The van der Waals surface area contributed by atoms with E-state index in [1.54, 1.807) is 14.0 Å². The molecular formula is C17H18F2N2O3S. The fourth-order valence-corrected chi connectivity index (χ4v) is 4.70. The number of aliphatic hydroxyl groups excluding tert-OH is 1. The lowest BCUT2D eigenvalue weighted by Gasteiger charge is -2.40. The number of thioether (sulfide) groups is 1. The van der Waals surface area contributed by atoms with Gasteiger partial charge in [-0.1, -0.05) is 17.8 Å². The molecule has 0 spiro atoms. The second-order valence-corrected chi connectivity index (χ2v) is 7.21. The Morgan fingerprint density at radius 3 is 2.60 bits per heavy atom. The standard InChI is InChI=1S/C17H18F2N2O3S/c1-9-13-15(23)21(6-3-7-22)17(24)20(2)16(13)25-14(9)10-4-5-11(18)12(19)8-10/h4-5,8,13,16,22H,3,6-7H2,1-2H3. The van der Waals surface area contributed by atoms with Crippen molar-refractivity contribution in [3.05, 3.63) is 41.0 Å². The Morgan fingerprint density at radius 1 is 1.24 bits per heavy atom. The summed E-state index contributed by atoms with van der Waals surface area (Å²) in [5.41, 5.74) is 1.23. The molecule has 1 N–H and O–H groups in total. The van der Waals surface area contributed by atoms with E-state index in [0.717, 1.165) is 22.6 Å². The molecule has 1 aromatic rings. The molecule has 0 aliphatic carbocycles. The minimum absolute atomic E-state index is 0.113. The summed E-state index contributed by atoms with van der Waals surface area (Å²) in [4.78, 5) is 28.6. The first kappa shape index (κ1) is 17.9. The zero-order valence-corrected chi connectivity index (χ0v) is 14.6. The van der Waals surface area contributed by atoms with Crippen molar-refractivity contribution in [1.29, 1.82) is 0 Å². The molecule has 2 aliphatic rings. The number of hydrogen-bond donors (Lipinski definition) is 1. The highest BCUT2D eigenvalue weighted by Gasteiger charge is 2.50. The van der Waals surface area contributed by atoms with Crippen molar-refractivity contribution in [1.82, 2.24) is 9.80 Å². The van der Waals surface area contributed by atoms with Crippen LogP contribution >= 0.6 is 11.8 Å². The molecule has 1 saturated heterocycles. The minimum atomic E-state index is -0.950. The number of amides is 3. The molecule has 5 nitrogen and oxygen atoms in total. The number of carbonyl (C=O) groups excluding carboxylic acids is 2. The molecule has 0 bridgehead atoms. The largest absolute Gasteiger partial charge is 0.396 e. The number of aliphatic hydroxyl groups is 1. The van der Waals surface area contributed by atoms with Crippen LogP contribution in [0, 0.1) is 17.6 Å². The van der Waals surface area contributed by atoms with E-state index < -0.39 is 29.0 Å². The van der Waals surface area contributed by atoms with Crippen molar-refractivity contribution in [3.8, 4) is 0 Å². The quantitative estimate of drug-likeness (QED) is 0.888. The third-order valence-corrected chi connectivity index (χ3v) is 6.14. The third-order valence-electron chi connectivity index (χ3n) is 4.52. The summed E-state index contributed by atoms with van der Waals surface area (Å²) in [6.45, 7) is 1.82. The van der Waals surface area contributed by atoms with E-state index in [4.69, 9.17) is 5.11 Å². The first-order chi connectivity index (χ1) is 11.9. The molecule has 1 aromatic carbocycles. The van der Waals surface area contributed by atoms with Gasteiger partial charge in [0.2, 0.25) is 5.91 Å². The number of hydrogen-bond acceptors (Lipinski definition) is 4. The van der Waals surface area contributed by atoms with Crippen molar-refractivity contribution < 1.29 is 23.5 Å². The highest BCUT2D eigenvalue weighted by Crippen LogP contribution is 2.50. The number of nitrogens with zero attached hydrogens (tertiary/aromatic N) is 2. The lowest BCUT2D eigenvalue weighted by molar-refractivity contribution is -0.135. The van der Waals surface area contributed by atoms with Crippen LogP contribution in [0.4, 0.5) is 13.6 Å². The van der Waals surface area contributed by atoms with Gasteiger partial charge in [0, 0.05) is 25.1 Å². The number of rotatable bonds is 4. The van der Waals surface area contributed by atoms with Crippen molar-refractivity contribution in [2.45, 2.75) is 18.7 Å². The average molecular weight is 368 g/mol. The first-order valence-electron chi connectivity index (χ1n) is 7.88. The van der Waals surface area contributed by atoms with Crippen LogP contribution in [-0.2, 0) is 4.79 Å². The van der Waals surface area contributed by atoms with Gasteiger partial charge in [-0.2, -0.15) is 0 Å². The van der Waals surface area contributed by atoms with Gasteiger partial charge in [-0.3, -0.25) is 9.69 Å². The fraction of sp³-hybridized carbons (Fsp3) is 0.412. The second-order valence-electron chi connectivity index (χ2n) is 6.09. The normalized spacial score (nSPS) is 23.6. The maximum atomic E-state index is 13.6. The third kappa shape index (κ3) is 2.93. The number of fused-ring (bicyclic) bond motifs is 1. The maximum Gasteiger partial charge on any atom is 0.327 e. The number of benzene rings is 1. The molecule has 134 valence electrons. The molecule has 1 fully saturated rings. The topological polar surface area (TPSA) is 60.9 Å². The van der Waals surface area contributed by atoms with E-state index in [2.05, 4.69) is 0 Å². The maximum absolute atomic E-state index is 13.6. The predicted octanol–water partition coefficient (Wildman–Crippen LogP) is 2.66. The van der Waals surface area contributed by atoms with Crippen molar-refractivity contribution in [3.63, 3.8) is 0 Å². The summed E-state index contributed by atoms with van der Waals surface area (Å²) in [5.74, 6) is -2.73. The van der Waals surface area contributed by atoms with Gasteiger partial charge in [-0.25, -0.2) is 13.6 Å². The van der Waals surface area contributed by atoms with Crippen LogP contribution in [0.25, 0.3) is 4.91 Å². The molecule has 3 amide bonds. The second kappa shape index (κ2) is 6.76. The Hall–Kier alpha value is -1.93. The Bertz CT molecular complexity index is 768. The SMILES string of the molecule is CC1=C(c2ccc(F)c(F)c2)SC2C1C(=O)N(CCCO)C(=O)N2C. The number of urea groups is 1. The van der Waals surface area contributed by atoms with Crippen LogP contribution in [-0.4, -0.2) is 52.4 Å². The van der Waals surface area contributed by atoms with E-state index in [1.165, 1.54) is 22.7 Å². The minimum Gasteiger partial charge on any atom is -0.396 e. The van der Waals surface area contributed by atoms with E-state index in [9.17, 15) is 18.4 Å². The van der Waals surface area contributed by atoms with Crippen LogP contribution in [0.15, 0.2) is 23.8 Å². The van der Waals surface area contributed by atoms with Crippen molar-refractivity contribution >= 4 is 28.6 Å². The Labute approximate surface area is 148 Å². The van der Waals surface area contributed by atoms with E-state index in [0.29, 0.717) is 16.9 Å². The van der Waals surface area contributed by atoms with Crippen LogP contribution in [0.2, 0.25) is 0 Å². The van der Waals surface area contributed by atoms with Gasteiger partial charge in [-0.05, 0) is 36.6 Å². The number of halogens is 2. The van der Waals surface area contributed by atoms with Crippen LogP contribution in [0.5, 0.6) is 0 Å². The van der Waals surface area contributed by atoms with Crippen LogP contribution < -0.4 is 0 Å². The van der Waals surface area contributed by atoms with Gasteiger partial charge in [0.25, 0.3) is 0 Å². The van der Waals surface area contributed by atoms with Crippen LogP contribution in [0.1, 0.15) is 18.9 Å². The monoisotopic (exact) mass is 368 g/mol. The number of carbonyl (C=O) groups is 2. The summed E-state index contributed by atoms with van der Waals surface area (Å²) in [7, 11) is 1.62. The van der Waals surface area contributed by atoms with Crippen LogP contribution in [0.3, 0.4) is 0 Å². The van der Waals surface area contributed by atoms with Crippen molar-refractivity contribution in [2.75, 3.05) is 20.2 Å². The molecule has 0 saturated carbocycles.